The third-order valence-electron chi connectivity index (χ3n) is 3.57. The topological polar surface area (TPSA) is 72.8 Å². The number of rotatable bonds is 3. The van der Waals surface area contributed by atoms with Gasteiger partial charge in [0, 0.05) is 18.2 Å². The second-order valence-corrected chi connectivity index (χ2v) is 4.78. The lowest BCUT2D eigenvalue weighted by molar-refractivity contribution is 0.0655. The molecule has 5 nitrogen and oxygen atoms in total. The van der Waals surface area contributed by atoms with Crippen molar-refractivity contribution in [3.8, 4) is 11.5 Å². The second-order valence-electron chi connectivity index (χ2n) is 4.78. The Kier molecular flexibility index (Phi) is 4.27. The Morgan fingerprint density at radius 2 is 2.00 bits per heavy atom. The Balaban J connectivity index is 2.17. The van der Waals surface area contributed by atoms with Crippen LogP contribution >= 0.6 is 0 Å². The number of hydrogen-bond acceptors (Lipinski definition) is 4. The highest BCUT2D eigenvalue weighted by molar-refractivity contribution is 5.95. The van der Waals surface area contributed by atoms with E-state index in [1.807, 2.05) is 11.8 Å². The molecule has 0 saturated carbocycles. The summed E-state index contributed by atoms with van der Waals surface area (Å²) in [6.07, 6.45) is 1.90. The largest absolute Gasteiger partial charge is 0.504 e. The van der Waals surface area contributed by atoms with E-state index in [4.69, 9.17) is 0 Å². The highest BCUT2D eigenvalue weighted by Crippen LogP contribution is 2.26. The first-order valence-corrected chi connectivity index (χ1v) is 6.67. The number of phenolic OH excluding ortho intramolecular Hbond substituents is 2. The summed E-state index contributed by atoms with van der Waals surface area (Å²) in [7, 11) is 0. The molecule has 0 aromatic heterocycles. The summed E-state index contributed by atoms with van der Waals surface area (Å²) in [6.45, 7) is 4.45. The standard InChI is InChI=1S/C14H20N2O3/c1-2-16(11-5-7-15-8-6-11)14(19)10-3-4-12(17)13(18)9-10/h3-4,9,11,15,17-18H,2,5-8H2,1H3. The van der Waals surface area contributed by atoms with Crippen molar-refractivity contribution >= 4 is 5.91 Å². The van der Waals surface area contributed by atoms with Crippen LogP contribution < -0.4 is 5.32 Å². The monoisotopic (exact) mass is 264 g/mol. The summed E-state index contributed by atoms with van der Waals surface area (Å²) in [5, 5.41) is 22.0. The molecule has 1 aromatic rings. The number of piperidine rings is 1. The van der Waals surface area contributed by atoms with Crippen molar-refractivity contribution in [3.63, 3.8) is 0 Å². The van der Waals surface area contributed by atoms with E-state index >= 15 is 0 Å². The number of carbonyl (C=O) groups is 1. The number of phenols is 2. The van der Waals surface area contributed by atoms with E-state index in [1.54, 1.807) is 6.07 Å². The molecular weight excluding hydrogens is 244 g/mol. The first-order valence-electron chi connectivity index (χ1n) is 6.67. The van der Waals surface area contributed by atoms with Gasteiger partial charge in [-0.3, -0.25) is 4.79 Å². The molecule has 1 heterocycles. The Labute approximate surface area is 112 Å². The fourth-order valence-electron chi connectivity index (χ4n) is 2.51. The van der Waals surface area contributed by atoms with E-state index in [0.717, 1.165) is 25.9 Å². The first-order chi connectivity index (χ1) is 9.13. The highest BCUT2D eigenvalue weighted by atomic mass is 16.3. The van der Waals surface area contributed by atoms with Gasteiger partial charge in [-0.2, -0.15) is 0 Å². The predicted molar refractivity (Wildman–Crippen MR) is 72.4 cm³/mol. The van der Waals surface area contributed by atoms with Gasteiger partial charge in [0.1, 0.15) is 0 Å². The summed E-state index contributed by atoms with van der Waals surface area (Å²) in [5.41, 5.74) is 0.413. The average Bonchev–Trinajstić information content (AvgIpc) is 2.44. The van der Waals surface area contributed by atoms with Gasteiger partial charge in [0.15, 0.2) is 11.5 Å². The van der Waals surface area contributed by atoms with Crippen LogP contribution in [0.2, 0.25) is 0 Å². The maximum Gasteiger partial charge on any atom is 0.254 e. The summed E-state index contributed by atoms with van der Waals surface area (Å²) >= 11 is 0. The number of benzene rings is 1. The minimum Gasteiger partial charge on any atom is -0.504 e. The fourth-order valence-corrected chi connectivity index (χ4v) is 2.51. The van der Waals surface area contributed by atoms with Gasteiger partial charge in [0.2, 0.25) is 0 Å². The zero-order valence-electron chi connectivity index (χ0n) is 11.1. The summed E-state index contributed by atoms with van der Waals surface area (Å²) in [6, 6.07) is 4.45. The van der Waals surface area contributed by atoms with Gasteiger partial charge in [-0.25, -0.2) is 0 Å². The van der Waals surface area contributed by atoms with E-state index in [2.05, 4.69) is 5.32 Å². The fraction of sp³-hybridized carbons (Fsp3) is 0.500. The molecule has 0 radical (unpaired) electrons. The van der Waals surface area contributed by atoms with Crippen LogP contribution in [0, 0.1) is 0 Å². The molecule has 0 aliphatic carbocycles. The molecule has 2 rings (SSSR count). The van der Waals surface area contributed by atoms with E-state index in [1.165, 1.54) is 12.1 Å². The molecule has 1 fully saturated rings. The van der Waals surface area contributed by atoms with Crippen molar-refractivity contribution in [2.24, 2.45) is 0 Å². The summed E-state index contributed by atoms with van der Waals surface area (Å²) in [4.78, 5) is 14.3. The summed E-state index contributed by atoms with van der Waals surface area (Å²) < 4.78 is 0. The number of carbonyl (C=O) groups excluding carboxylic acids is 1. The molecule has 1 amide bonds. The van der Waals surface area contributed by atoms with Gasteiger partial charge in [0.25, 0.3) is 5.91 Å². The van der Waals surface area contributed by atoms with Gasteiger partial charge in [-0.05, 0) is 51.1 Å². The Hall–Kier alpha value is -1.75. The van der Waals surface area contributed by atoms with Gasteiger partial charge in [-0.1, -0.05) is 0 Å². The molecule has 0 spiro atoms. The van der Waals surface area contributed by atoms with Crippen molar-refractivity contribution in [2.45, 2.75) is 25.8 Å². The minimum atomic E-state index is -0.257. The lowest BCUT2D eigenvalue weighted by Gasteiger charge is -2.34. The van der Waals surface area contributed by atoms with Crippen molar-refractivity contribution in [1.82, 2.24) is 10.2 Å². The highest BCUT2D eigenvalue weighted by Gasteiger charge is 2.25. The van der Waals surface area contributed by atoms with Crippen LogP contribution in [0.1, 0.15) is 30.1 Å². The van der Waals surface area contributed by atoms with E-state index in [9.17, 15) is 15.0 Å². The molecule has 3 N–H and O–H groups in total. The summed E-state index contributed by atoms with van der Waals surface area (Å²) in [5.74, 6) is -0.557. The SMILES string of the molecule is CCN(C(=O)c1ccc(O)c(O)c1)C1CCNCC1. The number of nitrogens with one attached hydrogen (secondary N) is 1. The Morgan fingerprint density at radius 3 is 2.58 bits per heavy atom. The molecule has 0 bridgehead atoms. The van der Waals surface area contributed by atoms with Crippen molar-refractivity contribution < 1.29 is 15.0 Å². The molecule has 1 aromatic carbocycles. The van der Waals surface area contributed by atoms with Crippen LogP contribution in [0.25, 0.3) is 0 Å². The third kappa shape index (κ3) is 2.98. The van der Waals surface area contributed by atoms with E-state index in [0.29, 0.717) is 12.1 Å². The van der Waals surface area contributed by atoms with Gasteiger partial charge in [0.05, 0.1) is 0 Å². The average molecular weight is 264 g/mol. The van der Waals surface area contributed by atoms with Gasteiger partial charge < -0.3 is 20.4 Å². The van der Waals surface area contributed by atoms with Crippen LogP contribution in [-0.4, -0.2) is 46.7 Å². The normalized spacial score (nSPS) is 16.3. The maximum absolute atomic E-state index is 12.5. The quantitative estimate of drug-likeness (QED) is 0.720. The Morgan fingerprint density at radius 1 is 1.32 bits per heavy atom. The molecule has 1 saturated heterocycles. The van der Waals surface area contributed by atoms with E-state index in [-0.39, 0.29) is 23.4 Å². The van der Waals surface area contributed by atoms with Crippen LogP contribution in [0.4, 0.5) is 0 Å². The van der Waals surface area contributed by atoms with Crippen molar-refractivity contribution in [2.75, 3.05) is 19.6 Å². The van der Waals surface area contributed by atoms with E-state index < -0.39 is 0 Å². The maximum atomic E-state index is 12.5. The zero-order valence-corrected chi connectivity index (χ0v) is 11.1. The molecule has 104 valence electrons. The molecular formula is C14H20N2O3. The lowest BCUT2D eigenvalue weighted by atomic mass is 10.0. The van der Waals surface area contributed by atoms with Crippen LogP contribution in [-0.2, 0) is 0 Å². The molecule has 0 atom stereocenters. The third-order valence-corrected chi connectivity index (χ3v) is 3.57. The first kappa shape index (κ1) is 13.7. The molecule has 1 aliphatic rings. The van der Waals surface area contributed by atoms with Crippen molar-refractivity contribution in [1.29, 1.82) is 0 Å². The molecule has 0 unspecified atom stereocenters. The molecule has 5 heteroatoms. The number of nitrogens with zero attached hydrogens (tertiary/aromatic N) is 1. The smallest absolute Gasteiger partial charge is 0.254 e. The number of aromatic hydroxyl groups is 2. The predicted octanol–water partition coefficient (Wildman–Crippen LogP) is 1.31. The van der Waals surface area contributed by atoms with Crippen LogP contribution in [0.15, 0.2) is 18.2 Å². The van der Waals surface area contributed by atoms with Crippen molar-refractivity contribution in [3.05, 3.63) is 23.8 Å². The second kappa shape index (κ2) is 5.93. The number of hydrogen-bond donors (Lipinski definition) is 3. The zero-order chi connectivity index (χ0) is 13.8. The molecule has 1 aliphatic heterocycles. The van der Waals surface area contributed by atoms with Crippen LogP contribution in [0.5, 0.6) is 11.5 Å². The van der Waals surface area contributed by atoms with Gasteiger partial charge in [-0.15, -0.1) is 0 Å². The minimum absolute atomic E-state index is 0.0929. The Bertz CT molecular complexity index is 456. The van der Waals surface area contributed by atoms with Crippen LogP contribution in [0.3, 0.4) is 0 Å². The molecule has 19 heavy (non-hydrogen) atoms. The lowest BCUT2D eigenvalue weighted by Crippen LogP contribution is -2.46. The number of amides is 1. The van der Waals surface area contributed by atoms with Gasteiger partial charge >= 0.3 is 0 Å².